The van der Waals surface area contributed by atoms with Gasteiger partial charge in [-0.3, -0.25) is 4.79 Å². The maximum Gasteiger partial charge on any atom is 0.246 e. The predicted molar refractivity (Wildman–Crippen MR) is 64.3 cm³/mol. The van der Waals surface area contributed by atoms with Crippen molar-refractivity contribution in [2.45, 2.75) is 39.2 Å². The quantitative estimate of drug-likeness (QED) is 0.577. The van der Waals surface area contributed by atoms with E-state index in [4.69, 9.17) is 4.74 Å². The molecule has 0 radical (unpaired) electrons. The molecule has 0 saturated heterocycles. The molecule has 1 fully saturated rings. The Kier molecular flexibility index (Phi) is 6.42. The van der Waals surface area contributed by atoms with E-state index in [1.807, 2.05) is 0 Å². The number of carbonyl (C=O) groups excluding carboxylic acids is 1. The second-order valence-electron chi connectivity index (χ2n) is 4.76. The highest BCUT2D eigenvalue weighted by Crippen LogP contribution is 2.27. The van der Waals surface area contributed by atoms with Crippen LogP contribution in [0.3, 0.4) is 0 Å². The number of hydrogen-bond acceptors (Lipinski definition) is 3. The van der Waals surface area contributed by atoms with Crippen molar-refractivity contribution in [1.29, 1.82) is 0 Å². The van der Waals surface area contributed by atoms with E-state index in [1.165, 1.54) is 12.8 Å². The van der Waals surface area contributed by atoms with Crippen molar-refractivity contribution in [3.63, 3.8) is 0 Å². The van der Waals surface area contributed by atoms with Gasteiger partial charge in [-0.05, 0) is 31.7 Å². The summed E-state index contributed by atoms with van der Waals surface area (Å²) in [6, 6.07) is 0.516. The van der Waals surface area contributed by atoms with E-state index in [0.29, 0.717) is 12.6 Å². The van der Waals surface area contributed by atoms with Crippen LogP contribution in [0.2, 0.25) is 0 Å². The Labute approximate surface area is 98.1 Å². The van der Waals surface area contributed by atoms with Gasteiger partial charge >= 0.3 is 0 Å². The summed E-state index contributed by atoms with van der Waals surface area (Å²) >= 11 is 0. The minimum atomic E-state index is 0.0173. The molecule has 1 rings (SSSR count). The van der Waals surface area contributed by atoms with Crippen molar-refractivity contribution in [2.75, 3.05) is 26.3 Å². The standard InChI is InChI=1S/C12H24N2O2/c1-10(2)13-6-3-7-16-9-12(15)14-8-11-4-5-11/h10-11,13H,3-9H2,1-2H3,(H,14,15). The van der Waals surface area contributed by atoms with Gasteiger partial charge in [-0.15, -0.1) is 0 Å². The minimum Gasteiger partial charge on any atom is -0.372 e. The molecule has 16 heavy (non-hydrogen) atoms. The van der Waals surface area contributed by atoms with Crippen molar-refractivity contribution >= 4 is 5.91 Å². The molecule has 0 aromatic rings. The third-order valence-electron chi connectivity index (χ3n) is 2.54. The van der Waals surface area contributed by atoms with Gasteiger partial charge in [-0.1, -0.05) is 13.8 Å². The molecule has 1 saturated carbocycles. The molecule has 0 bridgehead atoms. The Hall–Kier alpha value is -0.610. The zero-order chi connectivity index (χ0) is 11.8. The van der Waals surface area contributed by atoms with Crippen molar-refractivity contribution in [1.82, 2.24) is 10.6 Å². The Morgan fingerprint density at radius 2 is 2.19 bits per heavy atom. The van der Waals surface area contributed by atoms with E-state index in [-0.39, 0.29) is 12.5 Å². The van der Waals surface area contributed by atoms with E-state index in [9.17, 15) is 4.79 Å². The molecule has 0 aliphatic heterocycles. The number of carbonyl (C=O) groups is 1. The zero-order valence-electron chi connectivity index (χ0n) is 10.4. The second kappa shape index (κ2) is 7.63. The normalized spacial score (nSPS) is 15.4. The Morgan fingerprint density at radius 1 is 1.44 bits per heavy atom. The van der Waals surface area contributed by atoms with Crippen LogP contribution >= 0.6 is 0 Å². The fraction of sp³-hybridized carbons (Fsp3) is 0.917. The maximum atomic E-state index is 11.3. The van der Waals surface area contributed by atoms with Gasteiger partial charge < -0.3 is 15.4 Å². The summed E-state index contributed by atoms with van der Waals surface area (Å²) in [6.45, 7) is 6.86. The van der Waals surface area contributed by atoms with Gasteiger partial charge in [-0.25, -0.2) is 0 Å². The highest BCUT2D eigenvalue weighted by Gasteiger charge is 2.21. The summed E-state index contributed by atoms with van der Waals surface area (Å²) in [5.74, 6) is 0.753. The molecule has 1 amide bonds. The second-order valence-corrected chi connectivity index (χ2v) is 4.76. The molecule has 0 spiro atoms. The monoisotopic (exact) mass is 228 g/mol. The average Bonchev–Trinajstić information content (AvgIpc) is 3.03. The first-order valence-electron chi connectivity index (χ1n) is 6.26. The van der Waals surface area contributed by atoms with E-state index >= 15 is 0 Å². The summed E-state index contributed by atoms with van der Waals surface area (Å²) in [4.78, 5) is 11.3. The SMILES string of the molecule is CC(C)NCCCOCC(=O)NCC1CC1. The molecule has 1 aliphatic carbocycles. The number of amides is 1. The molecule has 2 N–H and O–H groups in total. The fourth-order valence-corrected chi connectivity index (χ4v) is 1.36. The lowest BCUT2D eigenvalue weighted by Crippen LogP contribution is -2.30. The third kappa shape index (κ3) is 7.65. The molecular formula is C12H24N2O2. The van der Waals surface area contributed by atoms with Crippen LogP contribution < -0.4 is 10.6 Å². The van der Waals surface area contributed by atoms with Crippen LogP contribution in [0.4, 0.5) is 0 Å². The number of rotatable bonds is 9. The van der Waals surface area contributed by atoms with E-state index in [2.05, 4.69) is 24.5 Å². The van der Waals surface area contributed by atoms with Crippen molar-refractivity contribution in [3.05, 3.63) is 0 Å². The van der Waals surface area contributed by atoms with Crippen LogP contribution in [-0.2, 0) is 9.53 Å². The first-order valence-corrected chi connectivity index (χ1v) is 6.26. The fourth-order valence-electron chi connectivity index (χ4n) is 1.36. The number of nitrogens with one attached hydrogen (secondary N) is 2. The van der Waals surface area contributed by atoms with E-state index in [0.717, 1.165) is 25.4 Å². The smallest absolute Gasteiger partial charge is 0.246 e. The third-order valence-corrected chi connectivity index (χ3v) is 2.54. The molecule has 0 aromatic heterocycles. The van der Waals surface area contributed by atoms with Crippen LogP contribution in [0.15, 0.2) is 0 Å². The van der Waals surface area contributed by atoms with Gasteiger partial charge in [-0.2, -0.15) is 0 Å². The first kappa shape index (κ1) is 13.5. The Morgan fingerprint density at radius 3 is 2.81 bits per heavy atom. The van der Waals surface area contributed by atoms with Crippen molar-refractivity contribution in [3.8, 4) is 0 Å². The lowest BCUT2D eigenvalue weighted by atomic mass is 10.3. The predicted octanol–water partition coefficient (Wildman–Crippen LogP) is 0.917. The summed E-state index contributed by atoms with van der Waals surface area (Å²) in [7, 11) is 0. The highest BCUT2D eigenvalue weighted by molar-refractivity contribution is 5.77. The molecule has 1 aliphatic rings. The van der Waals surface area contributed by atoms with Gasteiger partial charge in [0.2, 0.25) is 5.91 Å². The Bertz CT molecular complexity index is 203. The van der Waals surface area contributed by atoms with Crippen molar-refractivity contribution < 1.29 is 9.53 Å². The summed E-state index contributed by atoms with van der Waals surface area (Å²) in [5.41, 5.74) is 0. The maximum absolute atomic E-state index is 11.3. The number of ether oxygens (including phenoxy) is 1. The van der Waals surface area contributed by atoms with Crippen LogP contribution in [0.1, 0.15) is 33.1 Å². The van der Waals surface area contributed by atoms with Crippen LogP contribution in [0, 0.1) is 5.92 Å². The first-order chi connectivity index (χ1) is 7.68. The molecule has 0 aromatic carbocycles. The summed E-state index contributed by atoms with van der Waals surface area (Å²) in [6.07, 6.45) is 3.48. The lowest BCUT2D eigenvalue weighted by molar-refractivity contribution is -0.125. The molecule has 94 valence electrons. The lowest BCUT2D eigenvalue weighted by Gasteiger charge is -2.08. The molecular weight excluding hydrogens is 204 g/mol. The summed E-state index contributed by atoms with van der Waals surface area (Å²) in [5, 5.41) is 6.18. The van der Waals surface area contributed by atoms with Crippen LogP contribution in [0.25, 0.3) is 0 Å². The van der Waals surface area contributed by atoms with E-state index < -0.39 is 0 Å². The largest absolute Gasteiger partial charge is 0.372 e. The minimum absolute atomic E-state index is 0.0173. The van der Waals surface area contributed by atoms with Gasteiger partial charge in [0.25, 0.3) is 0 Å². The Balaban J connectivity index is 1.80. The summed E-state index contributed by atoms with van der Waals surface area (Å²) < 4.78 is 5.28. The molecule has 4 nitrogen and oxygen atoms in total. The van der Waals surface area contributed by atoms with Crippen LogP contribution in [0.5, 0.6) is 0 Å². The van der Waals surface area contributed by atoms with Gasteiger partial charge in [0.15, 0.2) is 0 Å². The molecule has 0 heterocycles. The highest BCUT2D eigenvalue weighted by atomic mass is 16.5. The zero-order valence-corrected chi connectivity index (χ0v) is 10.4. The average molecular weight is 228 g/mol. The van der Waals surface area contributed by atoms with Gasteiger partial charge in [0.1, 0.15) is 6.61 Å². The van der Waals surface area contributed by atoms with Gasteiger partial charge in [0.05, 0.1) is 0 Å². The molecule has 4 heteroatoms. The molecule has 0 unspecified atom stereocenters. The molecule has 0 atom stereocenters. The van der Waals surface area contributed by atoms with Crippen molar-refractivity contribution in [2.24, 2.45) is 5.92 Å². The number of hydrogen-bond donors (Lipinski definition) is 2. The van der Waals surface area contributed by atoms with E-state index in [1.54, 1.807) is 0 Å². The van der Waals surface area contributed by atoms with Gasteiger partial charge in [0, 0.05) is 19.2 Å². The topological polar surface area (TPSA) is 50.4 Å². The van der Waals surface area contributed by atoms with Crippen LogP contribution in [-0.4, -0.2) is 38.3 Å².